The molecule has 2 heterocycles. The van der Waals surface area contributed by atoms with Crippen molar-refractivity contribution < 1.29 is 18.8 Å². The zero-order valence-corrected chi connectivity index (χ0v) is 20.7. The molecular formula is C27H31N3O4S. The van der Waals surface area contributed by atoms with Crippen LogP contribution in [0, 0.1) is 6.92 Å². The highest BCUT2D eigenvalue weighted by atomic mass is 32.1. The van der Waals surface area contributed by atoms with Gasteiger partial charge in [0.1, 0.15) is 6.04 Å². The van der Waals surface area contributed by atoms with Crippen LogP contribution in [0.3, 0.4) is 0 Å². The van der Waals surface area contributed by atoms with Crippen molar-refractivity contribution in [3.63, 3.8) is 0 Å². The van der Waals surface area contributed by atoms with Crippen LogP contribution in [-0.2, 0) is 16.1 Å². The van der Waals surface area contributed by atoms with E-state index in [1.807, 2.05) is 48.7 Å². The first kappa shape index (κ1) is 24.7. The van der Waals surface area contributed by atoms with E-state index in [4.69, 9.17) is 4.42 Å². The number of hydrogen-bond acceptors (Lipinski definition) is 5. The molecule has 1 aliphatic carbocycles. The van der Waals surface area contributed by atoms with Crippen LogP contribution in [0.2, 0.25) is 0 Å². The van der Waals surface area contributed by atoms with Crippen molar-refractivity contribution in [2.75, 3.05) is 6.54 Å². The lowest BCUT2D eigenvalue weighted by atomic mass is 9.94. The van der Waals surface area contributed by atoms with Crippen molar-refractivity contribution in [2.24, 2.45) is 0 Å². The van der Waals surface area contributed by atoms with Gasteiger partial charge in [-0.3, -0.25) is 14.4 Å². The largest absolute Gasteiger partial charge is 0.459 e. The normalized spacial score (nSPS) is 14.8. The fourth-order valence-corrected chi connectivity index (χ4v) is 5.22. The third-order valence-corrected chi connectivity index (χ3v) is 7.23. The van der Waals surface area contributed by atoms with Gasteiger partial charge in [-0.05, 0) is 54.5 Å². The summed E-state index contributed by atoms with van der Waals surface area (Å²) in [6, 6.07) is 14.0. The molecule has 1 saturated carbocycles. The van der Waals surface area contributed by atoms with Crippen molar-refractivity contribution in [3.8, 4) is 0 Å². The van der Waals surface area contributed by atoms with Gasteiger partial charge in [-0.25, -0.2) is 0 Å². The van der Waals surface area contributed by atoms with Gasteiger partial charge in [-0.15, -0.1) is 11.3 Å². The Kier molecular flexibility index (Phi) is 8.36. The van der Waals surface area contributed by atoms with Gasteiger partial charge in [0.2, 0.25) is 11.8 Å². The molecule has 1 atom stereocenters. The number of amides is 3. The molecule has 184 valence electrons. The van der Waals surface area contributed by atoms with Crippen molar-refractivity contribution >= 4 is 29.1 Å². The lowest BCUT2D eigenvalue weighted by Crippen LogP contribution is -2.49. The summed E-state index contributed by atoms with van der Waals surface area (Å²) in [5.41, 5.74) is 1.71. The first-order valence-corrected chi connectivity index (χ1v) is 12.9. The fraction of sp³-hybridized carbons (Fsp3) is 0.370. The lowest BCUT2D eigenvalue weighted by molar-refractivity contribution is -0.141. The Hall–Kier alpha value is -3.39. The molecule has 2 N–H and O–H groups in total. The number of nitrogens with one attached hydrogen (secondary N) is 2. The summed E-state index contributed by atoms with van der Waals surface area (Å²) < 4.78 is 5.13. The summed E-state index contributed by atoms with van der Waals surface area (Å²) in [5.74, 6) is -0.870. The third kappa shape index (κ3) is 6.39. The molecule has 0 spiro atoms. The van der Waals surface area contributed by atoms with E-state index in [9.17, 15) is 14.4 Å². The molecule has 3 amide bonds. The minimum atomic E-state index is -0.812. The van der Waals surface area contributed by atoms with Crippen molar-refractivity contribution in [1.82, 2.24) is 15.5 Å². The number of rotatable bonds is 9. The maximum Gasteiger partial charge on any atom is 0.287 e. The van der Waals surface area contributed by atoms with Gasteiger partial charge in [0.05, 0.1) is 19.4 Å². The van der Waals surface area contributed by atoms with Gasteiger partial charge >= 0.3 is 0 Å². The maximum absolute atomic E-state index is 13.8. The van der Waals surface area contributed by atoms with E-state index < -0.39 is 11.9 Å². The second-order valence-corrected chi connectivity index (χ2v) is 9.90. The van der Waals surface area contributed by atoms with Crippen LogP contribution in [0.4, 0.5) is 0 Å². The summed E-state index contributed by atoms with van der Waals surface area (Å²) >= 11 is 1.53. The predicted molar refractivity (Wildman–Crippen MR) is 135 cm³/mol. The molecule has 3 aromatic rings. The molecule has 0 aliphatic heterocycles. The Bertz CT molecular complexity index is 1120. The van der Waals surface area contributed by atoms with E-state index >= 15 is 0 Å². The topological polar surface area (TPSA) is 91.7 Å². The zero-order chi connectivity index (χ0) is 24.6. The van der Waals surface area contributed by atoms with E-state index in [1.54, 1.807) is 11.0 Å². The van der Waals surface area contributed by atoms with Crippen LogP contribution in [-0.4, -0.2) is 35.2 Å². The monoisotopic (exact) mass is 493 g/mol. The smallest absolute Gasteiger partial charge is 0.287 e. The molecule has 1 unspecified atom stereocenters. The summed E-state index contributed by atoms with van der Waals surface area (Å²) in [7, 11) is 0. The highest BCUT2D eigenvalue weighted by Crippen LogP contribution is 2.28. The molecule has 35 heavy (non-hydrogen) atoms. The van der Waals surface area contributed by atoms with E-state index in [1.165, 1.54) is 30.1 Å². The van der Waals surface area contributed by atoms with Gasteiger partial charge in [-0.1, -0.05) is 49.6 Å². The van der Waals surface area contributed by atoms with Crippen molar-refractivity contribution in [3.05, 3.63) is 81.9 Å². The minimum Gasteiger partial charge on any atom is -0.459 e. The molecule has 4 rings (SSSR count). The van der Waals surface area contributed by atoms with Gasteiger partial charge in [-0.2, -0.15) is 0 Å². The molecule has 2 aromatic heterocycles. The summed E-state index contributed by atoms with van der Waals surface area (Å²) in [4.78, 5) is 42.3. The zero-order valence-electron chi connectivity index (χ0n) is 19.9. The second kappa shape index (κ2) is 11.8. The number of thiophene rings is 1. The first-order chi connectivity index (χ1) is 17.0. The van der Waals surface area contributed by atoms with Gasteiger partial charge < -0.3 is 20.0 Å². The Balaban J connectivity index is 1.62. The third-order valence-electron chi connectivity index (χ3n) is 6.37. The molecule has 0 saturated heterocycles. The lowest BCUT2D eigenvalue weighted by Gasteiger charge is -2.34. The predicted octanol–water partition coefficient (Wildman–Crippen LogP) is 4.60. The van der Waals surface area contributed by atoms with Crippen LogP contribution in [0.5, 0.6) is 0 Å². The van der Waals surface area contributed by atoms with Gasteiger partial charge in [0.25, 0.3) is 5.91 Å². The summed E-state index contributed by atoms with van der Waals surface area (Å²) in [5, 5.41) is 7.80. The number of nitrogens with zero attached hydrogens (tertiary/aromatic N) is 1. The average Bonchev–Trinajstić information content (AvgIpc) is 3.58. The van der Waals surface area contributed by atoms with E-state index in [2.05, 4.69) is 10.6 Å². The molecule has 1 fully saturated rings. The molecule has 1 aliphatic rings. The van der Waals surface area contributed by atoms with Gasteiger partial charge in [0.15, 0.2) is 5.76 Å². The Morgan fingerprint density at radius 1 is 1.06 bits per heavy atom. The second-order valence-electron chi connectivity index (χ2n) is 8.86. The fourth-order valence-electron chi connectivity index (χ4n) is 4.52. The minimum absolute atomic E-state index is 0.111. The summed E-state index contributed by atoms with van der Waals surface area (Å²) in [6.45, 7) is 1.97. The van der Waals surface area contributed by atoms with Crippen LogP contribution in [0.15, 0.2) is 64.6 Å². The van der Waals surface area contributed by atoms with E-state index in [0.717, 1.165) is 41.7 Å². The molecule has 8 heteroatoms. The number of carbonyl (C=O) groups excluding carboxylic acids is 3. The Labute approximate surface area is 209 Å². The SMILES string of the molecule is Cc1ccccc1C(C(=O)NC1CCCCC1)N(Cc1cccs1)C(=O)CNC(=O)c1ccco1. The Morgan fingerprint density at radius 2 is 1.86 bits per heavy atom. The molecule has 0 radical (unpaired) electrons. The molecule has 1 aromatic carbocycles. The van der Waals surface area contributed by atoms with Crippen molar-refractivity contribution in [1.29, 1.82) is 0 Å². The quantitative estimate of drug-likeness (QED) is 0.456. The Morgan fingerprint density at radius 3 is 2.54 bits per heavy atom. The average molecular weight is 494 g/mol. The van der Waals surface area contributed by atoms with Crippen LogP contribution >= 0.6 is 11.3 Å². The van der Waals surface area contributed by atoms with Crippen LogP contribution < -0.4 is 10.6 Å². The van der Waals surface area contributed by atoms with Crippen LogP contribution in [0.1, 0.15) is 64.7 Å². The highest BCUT2D eigenvalue weighted by Gasteiger charge is 2.34. The van der Waals surface area contributed by atoms with Crippen LogP contribution in [0.25, 0.3) is 0 Å². The van der Waals surface area contributed by atoms with E-state index in [0.29, 0.717) is 0 Å². The number of furan rings is 1. The van der Waals surface area contributed by atoms with Crippen molar-refractivity contribution in [2.45, 2.75) is 57.7 Å². The number of hydrogen-bond donors (Lipinski definition) is 2. The highest BCUT2D eigenvalue weighted by molar-refractivity contribution is 7.09. The number of carbonyl (C=O) groups is 3. The molecular weight excluding hydrogens is 462 g/mol. The molecule has 0 bridgehead atoms. The standard InChI is InChI=1S/C27H31N3O4S/c1-19-9-5-6-13-22(19)25(27(33)29-20-10-3-2-4-11-20)30(18-21-12-8-16-35-21)24(31)17-28-26(32)23-14-7-15-34-23/h5-9,12-16,20,25H,2-4,10-11,17-18H2,1H3,(H,28,32)(H,29,33). The number of benzene rings is 1. The molecule has 7 nitrogen and oxygen atoms in total. The number of aryl methyl sites for hydroxylation is 1. The first-order valence-electron chi connectivity index (χ1n) is 12.0. The van der Waals surface area contributed by atoms with Gasteiger partial charge in [0, 0.05) is 10.9 Å². The summed E-state index contributed by atoms with van der Waals surface area (Å²) in [6.07, 6.45) is 6.68. The maximum atomic E-state index is 13.8. The van der Waals surface area contributed by atoms with E-state index in [-0.39, 0.29) is 36.7 Å².